The van der Waals surface area contributed by atoms with Crippen LogP contribution in [0.5, 0.6) is 0 Å². The van der Waals surface area contributed by atoms with Gasteiger partial charge in [-0.3, -0.25) is 0 Å². The quantitative estimate of drug-likeness (QED) is 0.355. The first-order valence-corrected chi connectivity index (χ1v) is 3.78. The van der Waals surface area contributed by atoms with E-state index in [2.05, 4.69) is 18.2 Å². The fourth-order valence-corrected chi connectivity index (χ4v) is 0.636. The molecule has 0 saturated carbocycles. The van der Waals surface area contributed by atoms with Crippen molar-refractivity contribution in [3.63, 3.8) is 0 Å². The van der Waals surface area contributed by atoms with Crippen LogP contribution in [-0.2, 0) is 0 Å². The maximum atomic E-state index is 4.23. The van der Waals surface area contributed by atoms with Gasteiger partial charge in [-0.25, -0.2) is 4.99 Å². The molecule has 0 rings (SSSR count). The number of aliphatic imine (C=N–C) groups is 1. The van der Waals surface area contributed by atoms with Crippen LogP contribution >= 0.6 is 0 Å². The number of rotatable bonds is 3. The van der Waals surface area contributed by atoms with Gasteiger partial charge in [-0.1, -0.05) is 25.3 Å². The van der Waals surface area contributed by atoms with Crippen molar-refractivity contribution in [2.24, 2.45) is 4.99 Å². The van der Waals surface area contributed by atoms with Crippen LogP contribution in [0.15, 0.2) is 42.1 Å². The molecule has 0 aliphatic rings. The molecule has 0 aliphatic heterocycles. The minimum Gasteiger partial charge on any atom is -0.363 e. The van der Waals surface area contributed by atoms with E-state index in [1.807, 2.05) is 38.1 Å². The molecule has 0 heterocycles. The molecule has 0 spiro atoms. The predicted molar refractivity (Wildman–Crippen MR) is 55.3 cm³/mol. The molecule has 0 bridgehead atoms. The summed E-state index contributed by atoms with van der Waals surface area (Å²) >= 11 is 0. The lowest BCUT2D eigenvalue weighted by Gasteiger charge is -2.11. The van der Waals surface area contributed by atoms with Crippen molar-refractivity contribution < 1.29 is 0 Å². The third-order valence-corrected chi connectivity index (χ3v) is 1.14. The van der Waals surface area contributed by atoms with Gasteiger partial charge >= 0.3 is 0 Å². The predicted octanol–water partition coefficient (Wildman–Crippen LogP) is 2.22. The van der Waals surface area contributed by atoms with Crippen LogP contribution in [0.1, 0.15) is 6.92 Å². The van der Waals surface area contributed by atoms with Crippen molar-refractivity contribution >= 4 is 5.84 Å². The Balaban J connectivity index is 4.54. The molecule has 66 valence electrons. The number of hydrogen-bond donors (Lipinski definition) is 0. The first-order chi connectivity index (χ1) is 5.57. The van der Waals surface area contributed by atoms with Crippen LogP contribution in [0.25, 0.3) is 0 Å². The third-order valence-electron chi connectivity index (χ3n) is 1.14. The standard InChI is InChI=1S/C10H16N2/c1-6-7-8-10(12(4)5)11-9(2)3/h6-8H,1-2H2,3-5H3/b8-7-,11-10-. The molecule has 0 unspecified atom stereocenters. The minimum absolute atomic E-state index is 0.799. The Kier molecular flexibility index (Phi) is 4.77. The van der Waals surface area contributed by atoms with Gasteiger partial charge in [0.2, 0.25) is 0 Å². The second-order valence-electron chi connectivity index (χ2n) is 2.69. The van der Waals surface area contributed by atoms with E-state index in [-0.39, 0.29) is 0 Å². The number of allylic oxidation sites excluding steroid dienone is 3. The van der Waals surface area contributed by atoms with E-state index >= 15 is 0 Å². The van der Waals surface area contributed by atoms with Gasteiger partial charge in [0.25, 0.3) is 0 Å². The Morgan fingerprint density at radius 1 is 1.42 bits per heavy atom. The van der Waals surface area contributed by atoms with Crippen molar-refractivity contribution in [3.05, 3.63) is 37.1 Å². The zero-order chi connectivity index (χ0) is 9.56. The van der Waals surface area contributed by atoms with E-state index in [9.17, 15) is 0 Å². The lowest BCUT2D eigenvalue weighted by Crippen LogP contribution is -2.19. The van der Waals surface area contributed by atoms with E-state index in [1.165, 1.54) is 0 Å². The molecule has 0 atom stereocenters. The highest BCUT2D eigenvalue weighted by Gasteiger charge is 1.94. The van der Waals surface area contributed by atoms with E-state index in [0.717, 1.165) is 11.5 Å². The van der Waals surface area contributed by atoms with Crippen molar-refractivity contribution in [1.29, 1.82) is 0 Å². The summed E-state index contributed by atoms with van der Waals surface area (Å²) in [6.45, 7) is 9.17. The molecular formula is C10H16N2. The monoisotopic (exact) mass is 164 g/mol. The highest BCUT2D eigenvalue weighted by molar-refractivity contribution is 5.93. The molecule has 2 heteroatoms. The number of hydrogen-bond acceptors (Lipinski definition) is 1. The van der Waals surface area contributed by atoms with E-state index in [0.29, 0.717) is 0 Å². The van der Waals surface area contributed by atoms with Gasteiger partial charge < -0.3 is 4.90 Å². The van der Waals surface area contributed by atoms with Gasteiger partial charge in [-0.05, 0) is 13.0 Å². The normalized spacial score (nSPS) is 11.8. The maximum absolute atomic E-state index is 4.23. The third kappa shape index (κ3) is 4.50. The Bertz CT molecular complexity index is 222. The average molecular weight is 164 g/mol. The number of likely N-dealkylation sites (N-methyl/N-ethyl adjacent to an activating group) is 1. The number of nitrogens with zero attached hydrogens (tertiary/aromatic N) is 2. The van der Waals surface area contributed by atoms with Crippen LogP contribution < -0.4 is 0 Å². The molecule has 0 saturated heterocycles. The Labute approximate surface area is 74.6 Å². The molecule has 0 amide bonds. The van der Waals surface area contributed by atoms with Gasteiger partial charge in [-0.15, -0.1) is 0 Å². The summed E-state index contributed by atoms with van der Waals surface area (Å²) in [6.07, 6.45) is 5.46. The largest absolute Gasteiger partial charge is 0.363 e. The van der Waals surface area contributed by atoms with Crippen LogP contribution in [0, 0.1) is 0 Å². The van der Waals surface area contributed by atoms with Crippen molar-refractivity contribution in [3.8, 4) is 0 Å². The molecule has 0 aliphatic carbocycles. The van der Waals surface area contributed by atoms with Gasteiger partial charge in [0.15, 0.2) is 0 Å². The molecule has 0 radical (unpaired) electrons. The molecule has 0 N–H and O–H groups in total. The van der Waals surface area contributed by atoms with Crippen molar-refractivity contribution in [2.75, 3.05) is 14.1 Å². The lowest BCUT2D eigenvalue weighted by molar-refractivity contribution is 0.625. The topological polar surface area (TPSA) is 15.6 Å². The van der Waals surface area contributed by atoms with Gasteiger partial charge in [0, 0.05) is 19.8 Å². The highest BCUT2D eigenvalue weighted by Crippen LogP contribution is 1.95. The second kappa shape index (κ2) is 5.35. The molecule has 0 fully saturated rings. The summed E-state index contributed by atoms with van der Waals surface area (Å²) in [5, 5.41) is 0. The summed E-state index contributed by atoms with van der Waals surface area (Å²) in [4.78, 5) is 6.15. The minimum atomic E-state index is 0.799. The van der Waals surface area contributed by atoms with Crippen LogP contribution in [0.4, 0.5) is 0 Å². The van der Waals surface area contributed by atoms with Gasteiger partial charge in [0.05, 0.1) is 0 Å². The summed E-state index contributed by atoms with van der Waals surface area (Å²) in [5.74, 6) is 0.877. The van der Waals surface area contributed by atoms with E-state index in [4.69, 9.17) is 0 Å². The highest BCUT2D eigenvalue weighted by atomic mass is 15.1. The summed E-state index contributed by atoms with van der Waals surface area (Å²) in [7, 11) is 3.88. The fourth-order valence-electron chi connectivity index (χ4n) is 0.636. The molecule has 2 nitrogen and oxygen atoms in total. The molecule has 0 aromatic rings. The average Bonchev–Trinajstić information content (AvgIpc) is 1.96. The zero-order valence-corrected chi connectivity index (χ0v) is 8.04. The van der Waals surface area contributed by atoms with Crippen molar-refractivity contribution in [2.45, 2.75) is 6.92 Å². The van der Waals surface area contributed by atoms with E-state index in [1.54, 1.807) is 6.08 Å². The first kappa shape index (κ1) is 10.7. The SMILES string of the molecule is C=C/C=C\C(=N\C(=C)C)N(C)C. The van der Waals surface area contributed by atoms with Crippen LogP contribution in [0.2, 0.25) is 0 Å². The smallest absolute Gasteiger partial charge is 0.128 e. The summed E-state index contributed by atoms with van der Waals surface area (Å²) in [6, 6.07) is 0. The Hall–Kier alpha value is -1.31. The summed E-state index contributed by atoms with van der Waals surface area (Å²) < 4.78 is 0. The number of amidine groups is 1. The van der Waals surface area contributed by atoms with Crippen LogP contribution in [0.3, 0.4) is 0 Å². The first-order valence-electron chi connectivity index (χ1n) is 3.78. The van der Waals surface area contributed by atoms with Crippen LogP contribution in [-0.4, -0.2) is 24.8 Å². The lowest BCUT2D eigenvalue weighted by atomic mass is 10.4. The fraction of sp³-hybridized carbons (Fsp3) is 0.300. The van der Waals surface area contributed by atoms with E-state index < -0.39 is 0 Å². The molecule has 12 heavy (non-hydrogen) atoms. The van der Waals surface area contributed by atoms with Gasteiger partial charge in [-0.2, -0.15) is 0 Å². The maximum Gasteiger partial charge on any atom is 0.128 e. The molecular weight excluding hydrogens is 148 g/mol. The van der Waals surface area contributed by atoms with Crippen molar-refractivity contribution in [1.82, 2.24) is 4.90 Å². The Morgan fingerprint density at radius 2 is 2.00 bits per heavy atom. The summed E-state index contributed by atoms with van der Waals surface area (Å²) in [5.41, 5.74) is 0.799. The Morgan fingerprint density at radius 3 is 2.33 bits per heavy atom. The molecule has 0 aromatic carbocycles. The molecule has 0 aromatic heterocycles. The van der Waals surface area contributed by atoms with Gasteiger partial charge in [0.1, 0.15) is 5.84 Å². The zero-order valence-electron chi connectivity index (χ0n) is 8.04. The second-order valence-corrected chi connectivity index (χ2v) is 2.69.